The molecule has 0 spiro atoms. The number of hydrogen-bond donors (Lipinski definition) is 2. The molecule has 2 N–H and O–H groups in total. The van der Waals surface area contributed by atoms with Crippen LogP contribution >= 0.6 is 0 Å². The Kier molecular flexibility index (Phi) is 5.27. The molecule has 0 amide bonds. The van der Waals surface area contributed by atoms with E-state index in [1.165, 1.54) is 45.2 Å². The molecule has 1 heterocycles. The first kappa shape index (κ1) is 15.3. The Bertz CT molecular complexity index is 278. The van der Waals surface area contributed by atoms with Gasteiger partial charge in [0.1, 0.15) is 0 Å². The molecule has 0 aromatic heterocycles. The van der Waals surface area contributed by atoms with Crippen LogP contribution in [0.25, 0.3) is 0 Å². The highest BCUT2D eigenvalue weighted by Crippen LogP contribution is 2.40. The van der Waals surface area contributed by atoms with Crippen LogP contribution < -0.4 is 5.32 Å². The summed E-state index contributed by atoms with van der Waals surface area (Å²) in [5, 5.41) is 13.7. The van der Waals surface area contributed by atoms with Gasteiger partial charge in [0.25, 0.3) is 0 Å². The summed E-state index contributed by atoms with van der Waals surface area (Å²) < 4.78 is 0. The zero-order valence-corrected chi connectivity index (χ0v) is 13.0. The van der Waals surface area contributed by atoms with Gasteiger partial charge in [-0.2, -0.15) is 0 Å². The molecule has 19 heavy (non-hydrogen) atoms. The highest BCUT2D eigenvalue weighted by atomic mass is 16.3. The lowest BCUT2D eigenvalue weighted by molar-refractivity contribution is 0.0626. The van der Waals surface area contributed by atoms with Gasteiger partial charge in [-0.3, -0.25) is 0 Å². The van der Waals surface area contributed by atoms with E-state index in [0.29, 0.717) is 12.0 Å². The highest BCUT2D eigenvalue weighted by Gasteiger charge is 2.46. The number of nitrogens with zero attached hydrogens (tertiary/aromatic N) is 1. The molecule has 1 aliphatic carbocycles. The predicted octanol–water partition coefficient (Wildman–Crippen LogP) is 2.25. The molecule has 0 bridgehead atoms. The largest absolute Gasteiger partial charge is 0.394 e. The number of hydrogen-bond acceptors (Lipinski definition) is 3. The highest BCUT2D eigenvalue weighted by molar-refractivity contribution is 5.04. The van der Waals surface area contributed by atoms with Gasteiger partial charge in [-0.25, -0.2) is 0 Å². The number of rotatable bonds is 7. The number of aliphatic hydroxyl groups is 1. The van der Waals surface area contributed by atoms with Crippen LogP contribution in [0.3, 0.4) is 0 Å². The molecule has 2 aliphatic rings. The number of aliphatic hydroxyl groups excluding tert-OH is 1. The molecular weight excluding hydrogens is 236 g/mol. The van der Waals surface area contributed by atoms with E-state index < -0.39 is 0 Å². The third-order valence-electron chi connectivity index (χ3n) is 4.90. The van der Waals surface area contributed by atoms with Crippen molar-refractivity contribution >= 4 is 0 Å². The zero-order chi connectivity index (χ0) is 13.9. The van der Waals surface area contributed by atoms with Gasteiger partial charge in [0.15, 0.2) is 0 Å². The lowest BCUT2D eigenvalue weighted by Gasteiger charge is -2.42. The summed E-state index contributed by atoms with van der Waals surface area (Å²) in [6.45, 7) is 10.4. The third kappa shape index (κ3) is 3.93. The fourth-order valence-electron chi connectivity index (χ4n) is 3.76. The second-order valence-corrected chi connectivity index (χ2v) is 7.04. The molecule has 112 valence electrons. The molecule has 0 radical (unpaired) electrons. The van der Waals surface area contributed by atoms with Crippen LogP contribution in [0.2, 0.25) is 0 Å². The number of nitrogens with one attached hydrogen (secondary N) is 1. The van der Waals surface area contributed by atoms with Crippen molar-refractivity contribution in [2.24, 2.45) is 11.8 Å². The third-order valence-corrected chi connectivity index (χ3v) is 4.90. The molecule has 1 saturated heterocycles. The summed E-state index contributed by atoms with van der Waals surface area (Å²) in [4.78, 5) is 2.60. The van der Waals surface area contributed by atoms with Crippen LogP contribution in [0.1, 0.15) is 52.9 Å². The fraction of sp³-hybridized carbons (Fsp3) is 1.00. The molecule has 3 nitrogen and oxygen atoms in total. The van der Waals surface area contributed by atoms with Gasteiger partial charge >= 0.3 is 0 Å². The Morgan fingerprint density at radius 2 is 2.05 bits per heavy atom. The monoisotopic (exact) mass is 268 g/mol. The van der Waals surface area contributed by atoms with Crippen molar-refractivity contribution in [3.8, 4) is 0 Å². The van der Waals surface area contributed by atoms with E-state index in [9.17, 15) is 5.11 Å². The molecule has 3 heteroatoms. The molecule has 2 unspecified atom stereocenters. The Balaban J connectivity index is 1.98. The summed E-state index contributed by atoms with van der Waals surface area (Å²) in [6.07, 6.45) is 6.58. The van der Waals surface area contributed by atoms with Crippen molar-refractivity contribution < 1.29 is 5.11 Å². The maximum Gasteiger partial charge on any atom is 0.0628 e. The summed E-state index contributed by atoms with van der Waals surface area (Å²) in [6, 6.07) is 0.444. The summed E-state index contributed by atoms with van der Waals surface area (Å²) in [5.74, 6) is 1.55. The first-order valence-corrected chi connectivity index (χ1v) is 8.20. The Hall–Kier alpha value is -0.120. The minimum Gasteiger partial charge on any atom is -0.394 e. The second-order valence-electron chi connectivity index (χ2n) is 7.04. The molecule has 1 aliphatic heterocycles. The second kappa shape index (κ2) is 6.55. The van der Waals surface area contributed by atoms with Gasteiger partial charge in [-0.15, -0.1) is 0 Å². The Labute approximate surface area is 118 Å². The minimum absolute atomic E-state index is 0.0518. The van der Waals surface area contributed by atoms with Crippen LogP contribution in [-0.4, -0.2) is 47.8 Å². The zero-order valence-electron chi connectivity index (χ0n) is 13.0. The predicted molar refractivity (Wildman–Crippen MR) is 80.3 cm³/mol. The van der Waals surface area contributed by atoms with E-state index in [1.807, 2.05) is 0 Å². The van der Waals surface area contributed by atoms with E-state index in [2.05, 4.69) is 31.0 Å². The summed E-state index contributed by atoms with van der Waals surface area (Å²) in [5.41, 5.74) is -0.0518. The standard InChI is InChI=1S/C16H32N2O/c1-4-14-6-5-9-18(10-14)11-16(12-19,15-7-8-15)17-13(2)3/h13-15,17,19H,4-12H2,1-3H3. The van der Waals surface area contributed by atoms with Gasteiger partial charge in [0.05, 0.1) is 12.1 Å². The SMILES string of the molecule is CCC1CCCN(CC(CO)(NC(C)C)C2CC2)C1. The smallest absolute Gasteiger partial charge is 0.0628 e. The van der Waals surface area contributed by atoms with Gasteiger partial charge in [0.2, 0.25) is 0 Å². The lowest BCUT2D eigenvalue weighted by atomic mass is 9.89. The normalized spacial score (nSPS) is 28.6. The fourth-order valence-corrected chi connectivity index (χ4v) is 3.76. The van der Waals surface area contributed by atoms with Crippen LogP contribution in [0.4, 0.5) is 0 Å². The molecule has 0 aromatic rings. The van der Waals surface area contributed by atoms with Gasteiger partial charge < -0.3 is 15.3 Å². The summed E-state index contributed by atoms with van der Waals surface area (Å²) >= 11 is 0. The molecule has 0 aromatic carbocycles. The maximum absolute atomic E-state index is 10.0. The average molecular weight is 268 g/mol. The van der Waals surface area contributed by atoms with Crippen molar-refractivity contribution in [2.45, 2.75) is 64.5 Å². The molecule has 2 fully saturated rings. The molecule has 2 rings (SSSR count). The van der Waals surface area contributed by atoms with Gasteiger partial charge in [-0.05, 0) is 44.1 Å². The Morgan fingerprint density at radius 3 is 2.58 bits per heavy atom. The van der Waals surface area contributed by atoms with Crippen LogP contribution in [0.5, 0.6) is 0 Å². The Morgan fingerprint density at radius 1 is 1.32 bits per heavy atom. The first-order valence-electron chi connectivity index (χ1n) is 8.20. The topological polar surface area (TPSA) is 35.5 Å². The molecule has 1 saturated carbocycles. The maximum atomic E-state index is 10.0. The van der Waals surface area contributed by atoms with E-state index in [0.717, 1.165) is 12.5 Å². The number of piperidine rings is 1. The van der Waals surface area contributed by atoms with E-state index >= 15 is 0 Å². The first-order chi connectivity index (χ1) is 9.09. The van der Waals surface area contributed by atoms with E-state index in [4.69, 9.17) is 0 Å². The van der Waals surface area contributed by atoms with Crippen molar-refractivity contribution in [3.05, 3.63) is 0 Å². The van der Waals surface area contributed by atoms with E-state index in [-0.39, 0.29) is 12.1 Å². The number of likely N-dealkylation sites (tertiary alicyclic amines) is 1. The van der Waals surface area contributed by atoms with Crippen molar-refractivity contribution in [3.63, 3.8) is 0 Å². The van der Waals surface area contributed by atoms with E-state index in [1.54, 1.807) is 0 Å². The minimum atomic E-state index is -0.0518. The van der Waals surface area contributed by atoms with Gasteiger partial charge in [0, 0.05) is 19.1 Å². The average Bonchev–Trinajstić information content (AvgIpc) is 3.22. The summed E-state index contributed by atoms with van der Waals surface area (Å²) in [7, 11) is 0. The van der Waals surface area contributed by atoms with Gasteiger partial charge in [-0.1, -0.05) is 27.2 Å². The van der Waals surface area contributed by atoms with Crippen LogP contribution in [-0.2, 0) is 0 Å². The van der Waals surface area contributed by atoms with Crippen molar-refractivity contribution in [1.29, 1.82) is 0 Å². The quantitative estimate of drug-likeness (QED) is 0.743. The van der Waals surface area contributed by atoms with Crippen LogP contribution in [0.15, 0.2) is 0 Å². The van der Waals surface area contributed by atoms with Crippen LogP contribution in [0, 0.1) is 11.8 Å². The van der Waals surface area contributed by atoms with Crippen molar-refractivity contribution in [1.82, 2.24) is 10.2 Å². The molecule has 2 atom stereocenters. The lowest BCUT2D eigenvalue weighted by Crippen LogP contribution is -2.60. The van der Waals surface area contributed by atoms with Crippen molar-refractivity contribution in [2.75, 3.05) is 26.2 Å². The molecular formula is C16H32N2O.